The number of amides is 2. The van der Waals surface area contributed by atoms with E-state index in [1.54, 1.807) is 50.2 Å². The number of aryl methyl sites for hydroxylation is 1. The third kappa shape index (κ3) is 9.02. The van der Waals surface area contributed by atoms with Gasteiger partial charge in [-0.15, -0.1) is 0 Å². The number of likely N-dealkylation sites (N-methyl/N-ethyl adjacent to an activating group) is 1. The van der Waals surface area contributed by atoms with Gasteiger partial charge in [-0.05, 0) is 67.4 Å². The van der Waals surface area contributed by atoms with E-state index in [1.165, 1.54) is 41.3 Å². The SMILES string of the molecule is CCNC(=O)C(Cc1ccccc1)N(Cc1ccc(Cl)c(Cl)c1)C(=O)CN(c1ccc(Cl)c(C(F)(F)F)c1)S(=O)(=O)c1ccc(C)cc1. The number of alkyl halides is 3. The second kappa shape index (κ2) is 15.6. The first-order valence-electron chi connectivity index (χ1n) is 14.6. The summed E-state index contributed by atoms with van der Waals surface area (Å²) in [5.74, 6) is -1.39. The van der Waals surface area contributed by atoms with Crippen LogP contribution in [0.15, 0.2) is 95.9 Å². The predicted molar refractivity (Wildman–Crippen MR) is 182 cm³/mol. The molecule has 2 amide bonds. The van der Waals surface area contributed by atoms with Gasteiger partial charge >= 0.3 is 6.18 Å². The first-order valence-corrected chi connectivity index (χ1v) is 17.2. The molecule has 0 heterocycles. The van der Waals surface area contributed by atoms with Crippen LogP contribution >= 0.6 is 34.8 Å². The molecule has 14 heteroatoms. The number of hydrogen-bond acceptors (Lipinski definition) is 4. The minimum Gasteiger partial charge on any atom is -0.355 e. The van der Waals surface area contributed by atoms with Crippen LogP contribution in [0.2, 0.25) is 15.1 Å². The molecule has 0 aliphatic carbocycles. The largest absolute Gasteiger partial charge is 0.417 e. The summed E-state index contributed by atoms with van der Waals surface area (Å²) in [5.41, 5.74) is 0.181. The minimum absolute atomic E-state index is 0.0453. The van der Waals surface area contributed by atoms with E-state index in [-0.39, 0.29) is 34.5 Å². The number of benzene rings is 4. The number of halogens is 6. The smallest absolute Gasteiger partial charge is 0.355 e. The van der Waals surface area contributed by atoms with Crippen LogP contribution in [0, 0.1) is 6.92 Å². The number of anilines is 1. The summed E-state index contributed by atoms with van der Waals surface area (Å²) in [6.45, 7) is 2.51. The zero-order valence-electron chi connectivity index (χ0n) is 25.8. The lowest BCUT2D eigenvalue weighted by atomic mass is 10.0. The first-order chi connectivity index (χ1) is 22.6. The fourth-order valence-electron chi connectivity index (χ4n) is 4.93. The van der Waals surface area contributed by atoms with E-state index in [0.717, 1.165) is 17.7 Å². The van der Waals surface area contributed by atoms with Crippen molar-refractivity contribution < 1.29 is 31.2 Å². The number of sulfonamides is 1. The van der Waals surface area contributed by atoms with Crippen molar-refractivity contribution in [2.75, 3.05) is 17.4 Å². The Morgan fingerprint density at radius 2 is 1.48 bits per heavy atom. The van der Waals surface area contributed by atoms with E-state index in [1.807, 2.05) is 0 Å². The molecule has 4 aromatic carbocycles. The molecule has 48 heavy (non-hydrogen) atoms. The normalized spacial score (nSPS) is 12.3. The number of carbonyl (C=O) groups is 2. The summed E-state index contributed by atoms with van der Waals surface area (Å²) >= 11 is 18.2. The molecule has 0 aromatic heterocycles. The van der Waals surface area contributed by atoms with Gasteiger partial charge in [0.1, 0.15) is 12.6 Å². The fraction of sp³-hybridized carbons (Fsp3) is 0.235. The molecule has 4 aromatic rings. The van der Waals surface area contributed by atoms with Crippen LogP contribution in [0.5, 0.6) is 0 Å². The van der Waals surface area contributed by atoms with Crippen LogP contribution in [0.1, 0.15) is 29.2 Å². The lowest BCUT2D eigenvalue weighted by Gasteiger charge is -2.34. The Hall–Kier alpha value is -3.77. The highest BCUT2D eigenvalue weighted by atomic mass is 35.5. The zero-order valence-corrected chi connectivity index (χ0v) is 28.9. The van der Waals surface area contributed by atoms with Crippen molar-refractivity contribution in [3.63, 3.8) is 0 Å². The molecule has 254 valence electrons. The summed E-state index contributed by atoms with van der Waals surface area (Å²) in [6.07, 6.45) is -4.88. The van der Waals surface area contributed by atoms with Crippen molar-refractivity contribution in [2.45, 2.75) is 43.9 Å². The van der Waals surface area contributed by atoms with Gasteiger partial charge in [0.05, 0.1) is 31.2 Å². The third-order valence-corrected chi connectivity index (χ3v) is 10.2. The van der Waals surface area contributed by atoms with Crippen molar-refractivity contribution in [1.82, 2.24) is 10.2 Å². The van der Waals surface area contributed by atoms with E-state index in [2.05, 4.69) is 5.32 Å². The van der Waals surface area contributed by atoms with Gasteiger partial charge in [-0.1, -0.05) is 88.9 Å². The Bertz CT molecular complexity index is 1880. The van der Waals surface area contributed by atoms with Gasteiger partial charge in [0.25, 0.3) is 10.0 Å². The van der Waals surface area contributed by atoms with Crippen molar-refractivity contribution in [1.29, 1.82) is 0 Å². The van der Waals surface area contributed by atoms with Gasteiger partial charge < -0.3 is 10.2 Å². The molecule has 1 unspecified atom stereocenters. The Morgan fingerprint density at radius 3 is 2.08 bits per heavy atom. The molecule has 0 aliphatic rings. The van der Waals surface area contributed by atoms with Gasteiger partial charge in [0.2, 0.25) is 11.8 Å². The minimum atomic E-state index is -4.92. The average Bonchev–Trinajstić information content (AvgIpc) is 3.03. The summed E-state index contributed by atoms with van der Waals surface area (Å²) in [7, 11) is -4.64. The average molecular weight is 741 g/mol. The van der Waals surface area contributed by atoms with Crippen molar-refractivity contribution in [3.8, 4) is 0 Å². The topological polar surface area (TPSA) is 86.8 Å². The van der Waals surface area contributed by atoms with Crippen LogP contribution in [0.4, 0.5) is 18.9 Å². The molecular weight excluding hydrogens is 710 g/mol. The Kier molecular flexibility index (Phi) is 12.1. The molecule has 0 aliphatic heterocycles. The highest BCUT2D eigenvalue weighted by Gasteiger charge is 2.37. The Labute approximate surface area is 292 Å². The molecule has 0 saturated heterocycles. The van der Waals surface area contributed by atoms with E-state index < -0.39 is 56.9 Å². The molecule has 0 radical (unpaired) electrons. The number of hydrogen-bond donors (Lipinski definition) is 1. The lowest BCUT2D eigenvalue weighted by Crippen LogP contribution is -2.53. The first kappa shape index (κ1) is 37.1. The van der Waals surface area contributed by atoms with Crippen LogP contribution < -0.4 is 9.62 Å². The predicted octanol–water partition coefficient (Wildman–Crippen LogP) is 7.95. The van der Waals surface area contributed by atoms with Gasteiger partial charge in [0, 0.05) is 19.5 Å². The molecule has 1 atom stereocenters. The van der Waals surface area contributed by atoms with Gasteiger partial charge in [-0.2, -0.15) is 13.2 Å². The Balaban J connectivity index is 1.87. The number of nitrogens with zero attached hydrogens (tertiary/aromatic N) is 2. The van der Waals surface area contributed by atoms with E-state index in [4.69, 9.17) is 34.8 Å². The summed E-state index contributed by atoms with van der Waals surface area (Å²) < 4.78 is 70.6. The van der Waals surface area contributed by atoms with Gasteiger partial charge in [-0.25, -0.2) is 8.42 Å². The van der Waals surface area contributed by atoms with Crippen LogP contribution in [0.3, 0.4) is 0 Å². The highest BCUT2D eigenvalue weighted by Crippen LogP contribution is 2.38. The fourth-order valence-corrected chi connectivity index (χ4v) is 6.88. The van der Waals surface area contributed by atoms with E-state index in [9.17, 15) is 31.2 Å². The monoisotopic (exact) mass is 739 g/mol. The van der Waals surface area contributed by atoms with Crippen molar-refractivity contribution >= 4 is 62.3 Å². The number of carbonyl (C=O) groups excluding carboxylic acids is 2. The third-order valence-electron chi connectivity index (χ3n) is 7.39. The molecule has 1 N–H and O–H groups in total. The van der Waals surface area contributed by atoms with Crippen LogP contribution in [0.25, 0.3) is 0 Å². The van der Waals surface area contributed by atoms with Crippen LogP contribution in [-0.2, 0) is 38.8 Å². The molecule has 0 bridgehead atoms. The second-order valence-electron chi connectivity index (χ2n) is 10.9. The van der Waals surface area contributed by atoms with E-state index in [0.29, 0.717) is 21.5 Å². The standard InChI is InChI=1S/C34H31Cl3F3N3O4S/c1-3-41-33(45)31(18-23-7-5-4-6-8-23)42(20-24-11-15-29(36)30(37)17-24)32(44)21-43(48(46,47)26-13-9-22(2)10-14-26)25-12-16-28(35)27(19-25)34(38,39)40/h4-17,19,31H,3,18,20-21H2,1-2H3,(H,41,45). The molecule has 0 spiro atoms. The summed E-state index contributed by atoms with van der Waals surface area (Å²) in [4.78, 5) is 28.9. The maximum absolute atomic E-state index is 14.4. The van der Waals surface area contributed by atoms with Gasteiger partial charge in [0.15, 0.2) is 0 Å². The summed E-state index contributed by atoms with van der Waals surface area (Å²) in [5, 5.41) is 2.52. The second-order valence-corrected chi connectivity index (χ2v) is 13.9. The van der Waals surface area contributed by atoms with Crippen molar-refractivity contribution in [3.05, 3.63) is 128 Å². The molecular formula is C34H31Cl3F3N3O4S. The van der Waals surface area contributed by atoms with Gasteiger partial charge in [-0.3, -0.25) is 13.9 Å². The zero-order chi connectivity index (χ0) is 35.2. The van der Waals surface area contributed by atoms with E-state index >= 15 is 0 Å². The maximum Gasteiger partial charge on any atom is 0.417 e. The quantitative estimate of drug-likeness (QED) is 0.160. The van der Waals surface area contributed by atoms with Crippen molar-refractivity contribution in [2.24, 2.45) is 0 Å². The number of nitrogens with one attached hydrogen (secondary N) is 1. The maximum atomic E-state index is 14.4. The lowest BCUT2D eigenvalue weighted by molar-refractivity contribution is -0.140. The Morgan fingerprint density at radius 1 is 0.833 bits per heavy atom. The number of rotatable bonds is 12. The molecule has 4 rings (SSSR count). The molecule has 7 nitrogen and oxygen atoms in total. The summed E-state index contributed by atoms with van der Waals surface area (Å²) in [6, 6.07) is 20.6. The van der Waals surface area contributed by atoms with Crippen LogP contribution in [-0.4, -0.2) is 44.3 Å². The molecule has 0 saturated carbocycles. The highest BCUT2D eigenvalue weighted by molar-refractivity contribution is 7.92. The molecule has 0 fully saturated rings.